The van der Waals surface area contributed by atoms with Crippen LogP contribution in [-0.2, 0) is 17.4 Å². The molecular formula is C18H16ClF3N2O. The number of benzene rings is 2. The Bertz CT molecular complexity index is 792. The minimum atomic E-state index is -4.56. The van der Waals surface area contributed by atoms with Gasteiger partial charge in [0.2, 0.25) is 5.91 Å². The van der Waals surface area contributed by atoms with Crippen molar-refractivity contribution >= 4 is 28.9 Å². The number of carbonyl (C=O) groups is 1. The molecule has 132 valence electrons. The van der Waals surface area contributed by atoms with Crippen molar-refractivity contribution in [3.05, 3.63) is 58.6 Å². The van der Waals surface area contributed by atoms with Crippen LogP contribution in [0, 0.1) is 0 Å². The molecule has 1 aliphatic heterocycles. The lowest BCUT2D eigenvalue weighted by molar-refractivity contribution is -0.137. The Balaban J connectivity index is 1.61. The zero-order valence-electron chi connectivity index (χ0n) is 13.2. The Kier molecular flexibility index (Phi) is 4.90. The molecule has 2 aromatic carbocycles. The maximum Gasteiger partial charge on any atom is 0.417 e. The molecule has 0 aromatic heterocycles. The van der Waals surface area contributed by atoms with Gasteiger partial charge in [-0.1, -0.05) is 29.8 Å². The number of halogens is 4. The maximum absolute atomic E-state index is 12.9. The lowest BCUT2D eigenvalue weighted by Crippen LogP contribution is -2.26. The first kappa shape index (κ1) is 17.6. The molecule has 2 aromatic rings. The van der Waals surface area contributed by atoms with Crippen LogP contribution in [0.15, 0.2) is 42.5 Å². The second-order valence-corrected chi connectivity index (χ2v) is 6.26. The monoisotopic (exact) mass is 368 g/mol. The molecule has 3 nitrogen and oxygen atoms in total. The van der Waals surface area contributed by atoms with Gasteiger partial charge < -0.3 is 10.2 Å². The van der Waals surface area contributed by atoms with Gasteiger partial charge in [-0.05, 0) is 36.2 Å². The Morgan fingerprint density at radius 1 is 1.20 bits per heavy atom. The summed E-state index contributed by atoms with van der Waals surface area (Å²) in [6, 6.07) is 11.3. The topological polar surface area (TPSA) is 32.3 Å². The molecule has 7 heteroatoms. The molecule has 0 unspecified atom stereocenters. The van der Waals surface area contributed by atoms with Crippen molar-refractivity contribution in [1.29, 1.82) is 0 Å². The first-order valence-corrected chi connectivity index (χ1v) is 8.22. The molecule has 1 heterocycles. The van der Waals surface area contributed by atoms with Gasteiger partial charge in [0.15, 0.2) is 0 Å². The number of nitrogens with zero attached hydrogens (tertiary/aromatic N) is 1. The predicted octanol–water partition coefficient (Wildman–Crippen LogP) is 4.75. The van der Waals surface area contributed by atoms with Crippen LogP contribution in [0.2, 0.25) is 5.02 Å². The number of nitrogens with one attached hydrogen (secondary N) is 1. The van der Waals surface area contributed by atoms with Gasteiger partial charge in [-0.2, -0.15) is 13.2 Å². The lowest BCUT2D eigenvalue weighted by Gasteiger charge is -2.19. The van der Waals surface area contributed by atoms with Crippen LogP contribution >= 0.6 is 11.6 Å². The Hall–Kier alpha value is -2.21. The Labute approximate surface area is 148 Å². The molecule has 0 bridgehead atoms. The molecule has 1 amide bonds. The van der Waals surface area contributed by atoms with E-state index in [1.807, 2.05) is 18.2 Å². The van der Waals surface area contributed by atoms with Crippen molar-refractivity contribution in [2.75, 3.05) is 23.3 Å². The largest absolute Gasteiger partial charge is 0.417 e. The summed E-state index contributed by atoms with van der Waals surface area (Å²) in [6.07, 6.45) is -3.43. The van der Waals surface area contributed by atoms with Gasteiger partial charge in [-0.25, -0.2) is 0 Å². The van der Waals surface area contributed by atoms with E-state index in [0.717, 1.165) is 30.8 Å². The number of anilines is 2. The summed E-state index contributed by atoms with van der Waals surface area (Å²) in [5.74, 6) is -0.333. The van der Waals surface area contributed by atoms with E-state index in [2.05, 4.69) is 16.3 Å². The van der Waals surface area contributed by atoms with E-state index in [9.17, 15) is 18.0 Å². The molecule has 0 saturated heterocycles. The second kappa shape index (κ2) is 6.96. The number of carbonyl (C=O) groups excluding carboxylic acids is 1. The highest BCUT2D eigenvalue weighted by Gasteiger charge is 2.33. The number of para-hydroxylation sites is 1. The molecule has 1 aliphatic rings. The third-order valence-corrected chi connectivity index (χ3v) is 4.48. The molecule has 0 radical (unpaired) electrons. The van der Waals surface area contributed by atoms with Crippen molar-refractivity contribution < 1.29 is 18.0 Å². The average Bonchev–Trinajstić information content (AvgIpc) is 2.97. The summed E-state index contributed by atoms with van der Waals surface area (Å²) < 4.78 is 38.6. The second-order valence-electron chi connectivity index (χ2n) is 5.86. The van der Waals surface area contributed by atoms with E-state index < -0.39 is 11.7 Å². The number of hydrogen-bond acceptors (Lipinski definition) is 2. The van der Waals surface area contributed by atoms with Crippen LogP contribution in [0.25, 0.3) is 0 Å². The zero-order valence-corrected chi connectivity index (χ0v) is 14.0. The summed E-state index contributed by atoms with van der Waals surface area (Å²) in [4.78, 5) is 14.2. The van der Waals surface area contributed by atoms with Gasteiger partial charge in [0.05, 0.1) is 10.6 Å². The van der Waals surface area contributed by atoms with Gasteiger partial charge in [0, 0.05) is 30.9 Å². The molecule has 0 saturated carbocycles. The number of fused-ring (bicyclic) bond motifs is 1. The Morgan fingerprint density at radius 2 is 1.96 bits per heavy atom. The minimum Gasteiger partial charge on any atom is -0.370 e. The van der Waals surface area contributed by atoms with Gasteiger partial charge in [-0.15, -0.1) is 0 Å². The summed E-state index contributed by atoms with van der Waals surface area (Å²) in [7, 11) is 0. The molecule has 0 spiro atoms. The molecule has 0 fully saturated rings. The van der Waals surface area contributed by atoms with Crippen LogP contribution in [0.5, 0.6) is 0 Å². The molecule has 0 atom stereocenters. The maximum atomic E-state index is 12.9. The van der Waals surface area contributed by atoms with E-state index in [4.69, 9.17) is 11.6 Å². The summed E-state index contributed by atoms with van der Waals surface area (Å²) >= 11 is 5.57. The number of amides is 1. The van der Waals surface area contributed by atoms with E-state index >= 15 is 0 Å². The highest BCUT2D eigenvalue weighted by Crippen LogP contribution is 2.36. The number of alkyl halides is 3. The van der Waals surface area contributed by atoms with Crippen LogP contribution in [0.4, 0.5) is 24.5 Å². The van der Waals surface area contributed by atoms with Crippen molar-refractivity contribution in [1.82, 2.24) is 0 Å². The third-order valence-electron chi connectivity index (χ3n) is 4.15. The normalized spacial score (nSPS) is 13.7. The summed E-state index contributed by atoms with van der Waals surface area (Å²) in [5.41, 5.74) is 1.49. The first-order chi connectivity index (χ1) is 11.8. The summed E-state index contributed by atoms with van der Waals surface area (Å²) in [5, 5.41) is 2.12. The van der Waals surface area contributed by atoms with Crippen LogP contribution < -0.4 is 10.2 Å². The molecular weight excluding hydrogens is 353 g/mol. The molecule has 0 aliphatic carbocycles. The van der Waals surface area contributed by atoms with Gasteiger partial charge in [0.1, 0.15) is 0 Å². The number of hydrogen-bond donors (Lipinski definition) is 1. The van der Waals surface area contributed by atoms with E-state index in [-0.39, 0.29) is 23.0 Å². The Morgan fingerprint density at radius 3 is 2.72 bits per heavy atom. The highest BCUT2D eigenvalue weighted by molar-refractivity contribution is 6.31. The van der Waals surface area contributed by atoms with Crippen LogP contribution in [-0.4, -0.2) is 19.0 Å². The number of rotatable bonds is 4. The standard InChI is InChI=1S/C18H16ClF3N2O/c19-15-6-5-13(11-14(15)18(20,21)22)23-17(25)8-10-24-9-7-12-3-1-2-4-16(12)24/h1-6,11H,7-10H2,(H,23,25). The fourth-order valence-electron chi connectivity index (χ4n) is 2.92. The van der Waals surface area contributed by atoms with Gasteiger partial charge in [0.25, 0.3) is 0 Å². The SMILES string of the molecule is O=C(CCN1CCc2ccccc21)Nc1ccc(Cl)c(C(F)(F)F)c1. The van der Waals surface area contributed by atoms with E-state index in [0.29, 0.717) is 6.54 Å². The quantitative estimate of drug-likeness (QED) is 0.844. The average molecular weight is 369 g/mol. The molecule has 3 rings (SSSR count). The van der Waals surface area contributed by atoms with Crippen molar-refractivity contribution in [2.24, 2.45) is 0 Å². The smallest absolute Gasteiger partial charge is 0.370 e. The fourth-order valence-corrected chi connectivity index (χ4v) is 3.14. The third kappa shape index (κ3) is 4.07. The van der Waals surface area contributed by atoms with E-state index in [1.165, 1.54) is 11.6 Å². The minimum absolute atomic E-state index is 0.0866. The van der Waals surface area contributed by atoms with Crippen molar-refractivity contribution in [3.8, 4) is 0 Å². The van der Waals surface area contributed by atoms with Gasteiger partial charge >= 0.3 is 6.18 Å². The first-order valence-electron chi connectivity index (χ1n) is 7.84. The molecule has 25 heavy (non-hydrogen) atoms. The van der Waals surface area contributed by atoms with Crippen molar-refractivity contribution in [2.45, 2.75) is 19.0 Å². The lowest BCUT2D eigenvalue weighted by atomic mass is 10.2. The molecule has 1 N–H and O–H groups in total. The highest BCUT2D eigenvalue weighted by atomic mass is 35.5. The van der Waals surface area contributed by atoms with Crippen LogP contribution in [0.3, 0.4) is 0 Å². The van der Waals surface area contributed by atoms with Gasteiger partial charge in [-0.3, -0.25) is 4.79 Å². The van der Waals surface area contributed by atoms with Crippen molar-refractivity contribution in [3.63, 3.8) is 0 Å². The zero-order chi connectivity index (χ0) is 18.0. The van der Waals surface area contributed by atoms with E-state index in [1.54, 1.807) is 0 Å². The van der Waals surface area contributed by atoms with Crippen LogP contribution in [0.1, 0.15) is 17.5 Å². The fraction of sp³-hybridized carbons (Fsp3) is 0.278. The predicted molar refractivity (Wildman–Crippen MR) is 92.1 cm³/mol. The summed E-state index contributed by atoms with van der Waals surface area (Å²) in [6.45, 7) is 1.36.